The Bertz CT molecular complexity index is 1160. The van der Waals surface area contributed by atoms with Gasteiger partial charge in [0.05, 0.1) is 11.8 Å². The monoisotopic (exact) mass is 401 g/mol. The molecule has 0 N–H and O–H groups in total. The Morgan fingerprint density at radius 2 is 1.77 bits per heavy atom. The molecule has 3 aliphatic rings. The molecule has 0 radical (unpaired) electrons. The molecule has 4 nitrogen and oxygen atoms in total. The number of halogens is 1. The molecule has 1 fully saturated rings. The number of anilines is 1. The van der Waals surface area contributed by atoms with Crippen molar-refractivity contribution in [2.24, 2.45) is 5.92 Å². The molecule has 5 heteroatoms. The van der Waals surface area contributed by atoms with Crippen LogP contribution in [0.1, 0.15) is 35.3 Å². The number of hydrogen-bond donors (Lipinski definition) is 0. The molecule has 3 aromatic rings. The van der Waals surface area contributed by atoms with Gasteiger partial charge in [-0.3, -0.25) is 4.79 Å². The lowest BCUT2D eigenvalue weighted by molar-refractivity contribution is -0.143. The predicted octanol–water partition coefficient (Wildman–Crippen LogP) is 4.91. The number of carbonyl (C=O) groups is 1. The Hall–Kier alpha value is -3.18. The number of carbonyl (C=O) groups excluding carboxylic acids is 1. The second-order valence-corrected chi connectivity index (χ2v) is 8.25. The lowest BCUT2D eigenvalue weighted by atomic mass is 9.79. The van der Waals surface area contributed by atoms with E-state index in [2.05, 4.69) is 0 Å². The van der Waals surface area contributed by atoms with Gasteiger partial charge in [-0.25, -0.2) is 4.39 Å². The molecule has 0 saturated carbocycles. The van der Waals surface area contributed by atoms with Crippen LogP contribution in [0.5, 0.6) is 5.75 Å². The number of amides is 1. The third-order valence-corrected chi connectivity index (χ3v) is 6.64. The fourth-order valence-corrected chi connectivity index (χ4v) is 5.29. The molecule has 0 aromatic heterocycles. The van der Waals surface area contributed by atoms with E-state index in [1.54, 1.807) is 18.0 Å². The molecule has 3 aliphatic heterocycles. The molecular weight excluding hydrogens is 381 g/mol. The Morgan fingerprint density at radius 3 is 2.60 bits per heavy atom. The molecule has 4 atom stereocenters. The van der Waals surface area contributed by atoms with Crippen molar-refractivity contribution >= 4 is 11.6 Å². The number of fused-ring (bicyclic) bond motifs is 5. The van der Waals surface area contributed by atoms with Gasteiger partial charge in [0.15, 0.2) is 5.60 Å². The van der Waals surface area contributed by atoms with Crippen molar-refractivity contribution < 1.29 is 18.7 Å². The summed E-state index contributed by atoms with van der Waals surface area (Å²) in [5.41, 5.74) is 2.09. The van der Waals surface area contributed by atoms with Gasteiger partial charge in [-0.1, -0.05) is 48.5 Å². The number of hydrogen-bond acceptors (Lipinski definition) is 3. The van der Waals surface area contributed by atoms with Crippen molar-refractivity contribution in [3.8, 4) is 5.75 Å². The summed E-state index contributed by atoms with van der Waals surface area (Å²) < 4.78 is 27.2. The Morgan fingerprint density at radius 1 is 1.00 bits per heavy atom. The number of rotatable bonds is 1. The topological polar surface area (TPSA) is 38.8 Å². The Balaban J connectivity index is 1.52. The van der Waals surface area contributed by atoms with E-state index in [9.17, 15) is 9.18 Å². The van der Waals surface area contributed by atoms with Crippen LogP contribution in [0.15, 0.2) is 72.8 Å². The predicted molar refractivity (Wildman–Crippen MR) is 110 cm³/mol. The van der Waals surface area contributed by atoms with Crippen LogP contribution in [0, 0.1) is 11.7 Å². The Kier molecular flexibility index (Phi) is 3.63. The van der Waals surface area contributed by atoms with Crippen LogP contribution in [-0.4, -0.2) is 13.0 Å². The second-order valence-electron chi connectivity index (χ2n) is 8.25. The van der Waals surface area contributed by atoms with Crippen LogP contribution in [0.2, 0.25) is 0 Å². The average molecular weight is 401 g/mol. The van der Waals surface area contributed by atoms with Gasteiger partial charge >= 0.3 is 0 Å². The van der Waals surface area contributed by atoms with E-state index >= 15 is 0 Å². The first-order valence-corrected chi connectivity index (χ1v) is 10.1. The van der Waals surface area contributed by atoms with Gasteiger partial charge < -0.3 is 14.4 Å². The molecule has 1 spiro atoms. The zero-order valence-corrected chi connectivity index (χ0v) is 16.4. The summed E-state index contributed by atoms with van der Waals surface area (Å²) in [7, 11) is 1.72. The lowest BCUT2D eigenvalue weighted by Crippen LogP contribution is -2.38. The number of ether oxygens (including phenoxy) is 2. The van der Waals surface area contributed by atoms with Crippen molar-refractivity contribution in [3.05, 3.63) is 95.3 Å². The lowest BCUT2D eigenvalue weighted by Gasteiger charge is -2.35. The Labute approximate surface area is 173 Å². The molecule has 6 rings (SSSR count). The summed E-state index contributed by atoms with van der Waals surface area (Å²) in [6.45, 7) is 0. The molecular formula is C25H20FNO3. The number of nitrogens with zero attached hydrogens (tertiary/aromatic N) is 1. The number of para-hydroxylation sites is 1. The first-order valence-electron chi connectivity index (χ1n) is 10.1. The number of likely N-dealkylation sites (N-methyl/N-ethyl adjacent to an activating group) is 1. The van der Waals surface area contributed by atoms with Crippen LogP contribution in [-0.2, 0) is 15.1 Å². The zero-order chi connectivity index (χ0) is 20.5. The van der Waals surface area contributed by atoms with E-state index < -0.39 is 5.60 Å². The summed E-state index contributed by atoms with van der Waals surface area (Å²) in [6.07, 6.45) is -0.126. The molecule has 1 saturated heterocycles. The molecule has 30 heavy (non-hydrogen) atoms. The summed E-state index contributed by atoms with van der Waals surface area (Å²) in [6, 6.07) is 22.3. The van der Waals surface area contributed by atoms with Crippen LogP contribution in [0.3, 0.4) is 0 Å². The molecule has 0 aliphatic carbocycles. The molecule has 0 bridgehead atoms. The maximum Gasteiger partial charge on any atom is 0.263 e. The number of benzene rings is 3. The molecule has 3 heterocycles. The van der Waals surface area contributed by atoms with Crippen molar-refractivity contribution in [1.29, 1.82) is 0 Å². The van der Waals surface area contributed by atoms with Crippen molar-refractivity contribution in [2.75, 3.05) is 11.9 Å². The summed E-state index contributed by atoms with van der Waals surface area (Å²) in [5, 5.41) is 0. The van der Waals surface area contributed by atoms with Gasteiger partial charge in [-0.05, 0) is 36.2 Å². The minimum absolute atomic E-state index is 0.0751. The highest BCUT2D eigenvalue weighted by molar-refractivity contribution is 6.07. The van der Waals surface area contributed by atoms with Crippen molar-refractivity contribution in [3.63, 3.8) is 0 Å². The van der Waals surface area contributed by atoms with Crippen molar-refractivity contribution in [2.45, 2.75) is 24.2 Å². The van der Waals surface area contributed by atoms with E-state index in [-0.39, 0.29) is 29.9 Å². The van der Waals surface area contributed by atoms with E-state index in [1.165, 1.54) is 12.1 Å². The van der Waals surface area contributed by atoms with Crippen LogP contribution < -0.4 is 9.64 Å². The maximum atomic E-state index is 14.2. The molecule has 0 unspecified atom stereocenters. The molecule has 150 valence electrons. The van der Waals surface area contributed by atoms with Gasteiger partial charge in [-0.15, -0.1) is 0 Å². The largest absolute Gasteiger partial charge is 0.485 e. The average Bonchev–Trinajstić information content (AvgIpc) is 3.27. The summed E-state index contributed by atoms with van der Waals surface area (Å²) in [4.78, 5) is 15.0. The van der Waals surface area contributed by atoms with E-state index in [0.29, 0.717) is 17.7 Å². The van der Waals surface area contributed by atoms with Crippen LogP contribution >= 0.6 is 0 Å². The first kappa shape index (κ1) is 17.7. The summed E-state index contributed by atoms with van der Waals surface area (Å²) in [5.74, 6) is 0.171. The van der Waals surface area contributed by atoms with Gasteiger partial charge in [0.2, 0.25) is 0 Å². The highest BCUT2D eigenvalue weighted by atomic mass is 19.1. The smallest absolute Gasteiger partial charge is 0.263 e. The highest BCUT2D eigenvalue weighted by Crippen LogP contribution is 2.61. The van der Waals surface area contributed by atoms with Gasteiger partial charge in [0.25, 0.3) is 5.91 Å². The third-order valence-electron chi connectivity index (χ3n) is 6.64. The minimum atomic E-state index is -1.20. The maximum absolute atomic E-state index is 14.2. The fourth-order valence-electron chi connectivity index (χ4n) is 5.29. The SMILES string of the molecule is CN1C(=O)[C@]2(C[C@@H]3[C@@H](c4ccccc4)Oc4ccccc4[C@@H]3O2)c2cc(F)ccc21. The van der Waals surface area contributed by atoms with Gasteiger partial charge in [0, 0.05) is 24.1 Å². The normalized spacial score (nSPS) is 28.8. The fraction of sp³-hybridized carbons (Fsp3) is 0.240. The zero-order valence-electron chi connectivity index (χ0n) is 16.4. The van der Waals surface area contributed by atoms with E-state index in [1.807, 2.05) is 54.6 Å². The third kappa shape index (κ3) is 2.27. The summed E-state index contributed by atoms with van der Waals surface area (Å²) >= 11 is 0. The van der Waals surface area contributed by atoms with Crippen LogP contribution in [0.25, 0.3) is 0 Å². The standard InChI is InChI=1S/C25H20FNO3/c1-27-20-12-11-16(26)13-19(20)25(24(27)28)14-18-22(15-7-3-2-4-8-15)29-21-10-6-5-9-17(21)23(18)30-25/h2-13,18,22-23H,14H2,1H3/t18-,22-,23+,25+/m1/s1. The second kappa shape index (κ2) is 6.16. The highest BCUT2D eigenvalue weighted by Gasteiger charge is 2.62. The van der Waals surface area contributed by atoms with Crippen molar-refractivity contribution in [1.82, 2.24) is 0 Å². The minimum Gasteiger partial charge on any atom is -0.485 e. The molecule has 3 aromatic carbocycles. The van der Waals surface area contributed by atoms with E-state index in [4.69, 9.17) is 9.47 Å². The van der Waals surface area contributed by atoms with Crippen LogP contribution in [0.4, 0.5) is 10.1 Å². The first-order chi connectivity index (χ1) is 14.6. The quantitative estimate of drug-likeness (QED) is 0.582. The molecule has 1 amide bonds. The van der Waals surface area contributed by atoms with Gasteiger partial charge in [0.1, 0.15) is 17.7 Å². The van der Waals surface area contributed by atoms with E-state index in [0.717, 1.165) is 16.9 Å². The van der Waals surface area contributed by atoms with Gasteiger partial charge in [-0.2, -0.15) is 0 Å².